The molecule has 0 saturated carbocycles. The van der Waals surface area contributed by atoms with Gasteiger partial charge in [0.25, 0.3) is 0 Å². The first-order valence-electron chi connectivity index (χ1n) is 18.2. The van der Waals surface area contributed by atoms with E-state index in [1.807, 2.05) is 0 Å². The molecule has 0 bridgehead atoms. The Morgan fingerprint density at radius 2 is 1.10 bits per heavy atom. The Balaban J connectivity index is 1.52. The summed E-state index contributed by atoms with van der Waals surface area (Å²) >= 11 is -4.95. The molecule has 0 spiro atoms. The molecule has 0 fully saturated rings. The molecule has 2 aliphatic rings. The maximum atomic E-state index is 8.78. The molecule has 0 amide bonds. The van der Waals surface area contributed by atoms with Crippen LogP contribution in [0.25, 0.3) is 45.5 Å². The second-order valence-electron chi connectivity index (χ2n) is 15.9. The van der Waals surface area contributed by atoms with Crippen molar-refractivity contribution in [1.29, 1.82) is 0 Å². The summed E-state index contributed by atoms with van der Waals surface area (Å²) in [6.45, 7) is 20.7. The molecular weight excluding hydrogens is 743 g/mol. The van der Waals surface area contributed by atoms with Gasteiger partial charge in [-0.3, -0.25) is 0 Å². The number of hydrogen-bond acceptors (Lipinski definition) is 0. The molecule has 5 aromatic rings. The Morgan fingerprint density at radius 1 is 0.540 bits per heavy atom. The quantitative estimate of drug-likeness (QED) is 0.144. The van der Waals surface area contributed by atoms with Crippen LogP contribution in [0.1, 0.15) is 72.5 Å². The van der Waals surface area contributed by atoms with Crippen LogP contribution < -0.4 is 0 Å². The fourth-order valence-electron chi connectivity index (χ4n) is 9.28. The number of allylic oxidation sites excluding steroid dienone is 2. The van der Waals surface area contributed by atoms with E-state index in [1.54, 1.807) is 0 Å². The third-order valence-corrected chi connectivity index (χ3v) is 63.5. The van der Waals surface area contributed by atoms with Crippen LogP contribution in [0.2, 0.25) is 13.1 Å². The van der Waals surface area contributed by atoms with E-state index in [-0.39, 0.29) is 7.25 Å². The summed E-state index contributed by atoms with van der Waals surface area (Å²) in [5.74, 6) is -1.37. The average molecular weight is 792 g/mol. The van der Waals surface area contributed by atoms with E-state index >= 15 is 0 Å². The molecule has 2 atom stereocenters. The van der Waals surface area contributed by atoms with E-state index in [9.17, 15) is 0 Å². The monoisotopic (exact) mass is 789 g/mol. The third-order valence-electron chi connectivity index (χ3n) is 11.5. The van der Waals surface area contributed by atoms with Crippen LogP contribution in [0, 0.1) is 33.6 Å². The van der Waals surface area contributed by atoms with Gasteiger partial charge in [0.05, 0.1) is 0 Å². The van der Waals surface area contributed by atoms with Gasteiger partial charge in [0.15, 0.2) is 0 Å². The topological polar surface area (TPSA) is 0 Å². The molecule has 2 unspecified atom stereocenters. The van der Waals surface area contributed by atoms with Gasteiger partial charge >= 0.3 is 311 Å². The van der Waals surface area contributed by atoms with Gasteiger partial charge in [-0.15, -0.1) is 0 Å². The average Bonchev–Trinajstić information content (AvgIpc) is 3.63. The number of hydrogen-bond donors (Lipinski definition) is 0. The van der Waals surface area contributed by atoms with Gasteiger partial charge in [-0.25, -0.2) is 0 Å². The van der Waals surface area contributed by atoms with Gasteiger partial charge in [-0.1, -0.05) is 0 Å². The SMILES string of the molecule is CC1=Cc2c(-c3cc(C)cc(C)c3)cc(-c3cc(C)cc(C)c3)cc2[CH]1[Zr]([Cl])([Cl])([CH]1C(C(C)C)=Cc2c(-c3ccccc3)cccc21)[SiH](C)C. The third kappa shape index (κ3) is 5.84. The second-order valence-corrected chi connectivity index (χ2v) is 58.4. The molecule has 0 radical (unpaired) electrons. The molecular formula is C46H49Cl2SiZr. The Labute approximate surface area is 309 Å². The predicted octanol–water partition coefficient (Wildman–Crippen LogP) is 14.2. The van der Waals surface area contributed by atoms with Crippen LogP contribution in [-0.4, -0.2) is 5.92 Å². The zero-order valence-electron chi connectivity index (χ0n) is 31.0. The standard InChI is InChI=1S/C26H25.C18H17.C2H7Si.2ClH.Zr/c1-16-6-17(2)9-21(8-16)22-14-24-12-20(5)13-25(24)26(15-22)23-10-18(3)7-19(4)11-23;1-13(2)16-11-15-9-6-10-17(18(15)12-16)14-7-4-3-5-8-14;1-3-2;;;/h6-15H,1-5H3;3-13H,1-2H3;3H,1-2H3;2*1H;/q;;;;;+2/p-2. The molecule has 50 heavy (non-hydrogen) atoms. The van der Waals surface area contributed by atoms with E-state index in [0.29, 0.717) is 5.92 Å². The van der Waals surface area contributed by atoms with Gasteiger partial charge < -0.3 is 0 Å². The van der Waals surface area contributed by atoms with Gasteiger partial charge in [0.2, 0.25) is 0 Å². The number of aryl methyl sites for hydroxylation is 4. The molecule has 4 heteroatoms. The molecule has 5 aromatic carbocycles. The molecule has 0 N–H and O–H groups in total. The van der Waals surface area contributed by atoms with Crippen LogP contribution in [0.4, 0.5) is 0 Å². The van der Waals surface area contributed by atoms with Crippen molar-refractivity contribution in [2.24, 2.45) is 5.92 Å². The number of rotatable bonds is 7. The molecule has 0 heterocycles. The molecule has 2 aliphatic carbocycles. The van der Waals surface area contributed by atoms with Crippen molar-refractivity contribution in [3.8, 4) is 33.4 Å². The summed E-state index contributed by atoms with van der Waals surface area (Å²) in [4.78, 5) is 0. The summed E-state index contributed by atoms with van der Waals surface area (Å²) in [5, 5.41) is 0. The number of benzene rings is 5. The summed E-state index contributed by atoms with van der Waals surface area (Å²) in [6.07, 6.45) is 4.92. The Hall–Kier alpha value is -2.74. The van der Waals surface area contributed by atoms with Gasteiger partial charge in [0.1, 0.15) is 0 Å². The second kappa shape index (κ2) is 13.0. The minimum atomic E-state index is -4.95. The predicted molar refractivity (Wildman–Crippen MR) is 221 cm³/mol. The van der Waals surface area contributed by atoms with E-state index in [2.05, 4.69) is 171 Å². The minimum absolute atomic E-state index is 0.0235. The Morgan fingerprint density at radius 3 is 1.68 bits per heavy atom. The van der Waals surface area contributed by atoms with Gasteiger partial charge in [-0.05, 0) is 0 Å². The summed E-state index contributed by atoms with van der Waals surface area (Å²) in [6, 6.07) is 36.4. The molecule has 255 valence electrons. The van der Waals surface area contributed by atoms with Crippen LogP contribution >= 0.6 is 17.0 Å². The summed E-state index contributed by atoms with van der Waals surface area (Å²) in [5.41, 5.74) is 20.7. The van der Waals surface area contributed by atoms with Crippen LogP contribution in [-0.2, 0) is 15.6 Å². The zero-order valence-corrected chi connectivity index (χ0v) is 36.1. The molecule has 7 rings (SSSR count). The van der Waals surface area contributed by atoms with Crippen molar-refractivity contribution in [2.75, 3.05) is 0 Å². The molecule has 0 aromatic heterocycles. The zero-order chi connectivity index (χ0) is 35.7. The normalized spacial score (nSPS) is 17.7. The fourth-order valence-corrected chi connectivity index (χ4v) is 41.5. The van der Waals surface area contributed by atoms with E-state index in [0.717, 1.165) is 0 Å². The van der Waals surface area contributed by atoms with E-state index < -0.39 is 21.5 Å². The van der Waals surface area contributed by atoms with Crippen LogP contribution in [0.5, 0.6) is 0 Å². The van der Waals surface area contributed by atoms with Crippen molar-refractivity contribution >= 4 is 35.1 Å². The van der Waals surface area contributed by atoms with Crippen molar-refractivity contribution in [3.05, 3.63) is 153 Å². The molecule has 0 saturated heterocycles. The van der Waals surface area contributed by atoms with Gasteiger partial charge in [-0.2, -0.15) is 0 Å². The summed E-state index contributed by atoms with van der Waals surface area (Å²) < 4.78 is 0.0781. The molecule has 0 aliphatic heterocycles. The number of halogens is 2. The van der Waals surface area contributed by atoms with Crippen molar-refractivity contribution in [2.45, 2.75) is 68.8 Å². The molecule has 0 nitrogen and oxygen atoms in total. The maximum absolute atomic E-state index is 8.78. The van der Waals surface area contributed by atoms with E-state index in [4.69, 9.17) is 17.0 Å². The van der Waals surface area contributed by atoms with E-state index in [1.165, 1.54) is 89.0 Å². The first kappa shape index (κ1) is 35.7. The summed E-state index contributed by atoms with van der Waals surface area (Å²) in [7, 11) is 17.6. The van der Waals surface area contributed by atoms with Crippen molar-refractivity contribution in [1.82, 2.24) is 0 Å². The Kier molecular flexibility index (Phi) is 9.30. The van der Waals surface area contributed by atoms with Crippen molar-refractivity contribution < 1.29 is 15.6 Å². The Bertz CT molecular complexity index is 2180. The first-order valence-corrected chi connectivity index (χ1v) is 34.5. The van der Waals surface area contributed by atoms with Gasteiger partial charge in [0, 0.05) is 0 Å². The van der Waals surface area contributed by atoms with Crippen LogP contribution in [0.3, 0.4) is 0 Å². The fraction of sp³-hybridized carbons (Fsp3) is 0.261. The van der Waals surface area contributed by atoms with Crippen LogP contribution in [0.15, 0.2) is 108 Å². The van der Waals surface area contributed by atoms with Crippen molar-refractivity contribution in [3.63, 3.8) is 0 Å². The number of fused-ring (bicyclic) bond motifs is 2. The first-order chi connectivity index (χ1) is 23.7.